The van der Waals surface area contributed by atoms with Gasteiger partial charge in [0.15, 0.2) is 6.10 Å². The van der Waals surface area contributed by atoms with E-state index in [1.807, 2.05) is 42.7 Å². The average molecular weight is 551 g/mol. The second-order valence-electron chi connectivity index (χ2n) is 9.34. The predicted molar refractivity (Wildman–Crippen MR) is 147 cm³/mol. The maximum atomic E-state index is 13.9. The monoisotopic (exact) mass is 550 g/mol. The molecule has 3 rings (SSSR count). The Bertz CT molecular complexity index is 1150. The van der Waals surface area contributed by atoms with Gasteiger partial charge in [-0.15, -0.1) is 11.8 Å². The van der Waals surface area contributed by atoms with Crippen molar-refractivity contribution >= 4 is 39.1 Å². The fourth-order valence-corrected chi connectivity index (χ4v) is 6.82. The van der Waals surface area contributed by atoms with Crippen LogP contribution in [0.4, 0.5) is 11.4 Å². The third kappa shape index (κ3) is 6.98. The van der Waals surface area contributed by atoms with Gasteiger partial charge >= 0.3 is 5.97 Å². The first-order valence-electron chi connectivity index (χ1n) is 12.7. The first-order valence-corrected chi connectivity index (χ1v) is 15.4. The standard InChI is InChI=1S/C27H38N2O6S2/c1-5-7-14-27(15-8-6-2)19-29(20-12-10-9-11-13-20)21-16-24(36-4)23(17-25(21)37(32,33)28-27)35-18-22(30)26(31)34-3/h9-13,16-17,22,28,30H,5-8,14-15,18-19H2,1-4H3. The van der Waals surface area contributed by atoms with Crippen LogP contribution >= 0.6 is 11.8 Å². The molecule has 0 spiro atoms. The smallest absolute Gasteiger partial charge is 0.338 e. The largest absolute Gasteiger partial charge is 0.489 e. The highest BCUT2D eigenvalue weighted by atomic mass is 32.2. The lowest BCUT2D eigenvalue weighted by atomic mass is 9.87. The van der Waals surface area contributed by atoms with E-state index in [-0.39, 0.29) is 17.3 Å². The molecule has 204 valence electrons. The highest BCUT2D eigenvalue weighted by Gasteiger charge is 2.42. The average Bonchev–Trinajstić information content (AvgIpc) is 3.00. The highest BCUT2D eigenvalue weighted by Crippen LogP contribution is 2.44. The third-order valence-electron chi connectivity index (χ3n) is 6.59. The minimum atomic E-state index is -3.93. The summed E-state index contributed by atoms with van der Waals surface area (Å²) in [6.45, 7) is 4.36. The second kappa shape index (κ2) is 13.0. The van der Waals surface area contributed by atoms with Crippen LogP contribution in [0.5, 0.6) is 5.75 Å². The van der Waals surface area contributed by atoms with Crippen LogP contribution in [0, 0.1) is 0 Å². The van der Waals surface area contributed by atoms with E-state index in [2.05, 4.69) is 28.2 Å². The number of anilines is 2. The molecular weight excluding hydrogens is 512 g/mol. The molecule has 2 aromatic carbocycles. The molecule has 1 heterocycles. The van der Waals surface area contributed by atoms with Gasteiger partial charge in [0, 0.05) is 18.3 Å². The Balaban J connectivity index is 2.17. The SMILES string of the molecule is CCCCC1(CCCC)CN(c2ccccc2)c2cc(SC)c(OCC(O)C(=O)OC)cc2S(=O)(=O)N1. The number of nitrogens with one attached hydrogen (secondary N) is 1. The van der Waals surface area contributed by atoms with E-state index in [0.717, 1.165) is 44.2 Å². The van der Waals surface area contributed by atoms with Crippen LogP contribution in [-0.2, 0) is 19.6 Å². The van der Waals surface area contributed by atoms with Gasteiger partial charge in [-0.2, -0.15) is 0 Å². The molecule has 1 atom stereocenters. The number of para-hydroxylation sites is 1. The number of methoxy groups -OCH3 is 1. The van der Waals surface area contributed by atoms with Crippen molar-refractivity contribution in [3.8, 4) is 5.75 Å². The normalized spacial score (nSPS) is 16.9. The fraction of sp³-hybridized carbons (Fsp3) is 0.519. The Hall–Kier alpha value is -2.27. The molecule has 2 N–H and O–H groups in total. The van der Waals surface area contributed by atoms with Gasteiger partial charge in [-0.3, -0.25) is 0 Å². The summed E-state index contributed by atoms with van der Waals surface area (Å²) in [5, 5.41) is 10.0. The Kier molecular flexibility index (Phi) is 10.3. The lowest BCUT2D eigenvalue weighted by Gasteiger charge is -2.37. The topological polar surface area (TPSA) is 105 Å². The summed E-state index contributed by atoms with van der Waals surface area (Å²) in [7, 11) is -2.75. The number of carbonyl (C=O) groups is 1. The highest BCUT2D eigenvalue weighted by molar-refractivity contribution is 7.98. The number of rotatable bonds is 12. The summed E-state index contributed by atoms with van der Waals surface area (Å²) >= 11 is 1.40. The van der Waals surface area contributed by atoms with Crippen molar-refractivity contribution in [1.82, 2.24) is 4.72 Å². The molecule has 0 aliphatic carbocycles. The molecule has 37 heavy (non-hydrogen) atoms. The molecule has 1 aliphatic rings. The molecule has 8 nitrogen and oxygen atoms in total. The maximum Gasteiger partial charge on any atom is 0.338 e. The minimum absolute atomic E-state index is 0.103. The summed E-state index contributed by atoms with van der Waals surface area (Å²) in [6.07, 6.45) is 5.57. The van der Waals surface area contributed by atoms with Crippen molar-refractivity contribution in [2.24, 2.45) is 0 Å². The molecule has 0 aromatic heterocycles. The van der Waals surface area contributed by atoms with Gasteiger partial charge in [-0.1, -0.05) is 57.7 Å². The number of benzene rings is 2. The second-order valence-corrected chi connectivity index (χ2v) is 11.8. The van der Waals surface area contributed by atoms with Crippen molar-refractivity contribution < 1.29 is 27.8 Å². The van der Waals surface area contributed by atoms with Crippen molar-refractivity contribution in [3.63, 3.8) is 0 Å². The molecular formula is C27H38N2O6S2. The molecule has 1 unspecified atom stereocenters. The Morgan fingerprint density at radius 3 is 2.38 bits per heavy atom. The number of fused-ring (bicyclic) bond motifs is 1. The van der Waals surface area contributed by atoms with Crippen LogP contribution in [0.15, 0.2) is 52.3 Å². The van der Waals surface area contributed by atoms with E-state index in [0.29, 0.717) is 17.1 Å². The van der Waals surface area contributed by atoms with E-state index in [4.69, 9.17) is 4.74 Å². The summed E-state index contributed by atoms with van der Waals surface area (Å²) < 4.78 is 41.3. The van der Waals surface area contributed by atoms with Gasteiger partial charge in [0.05, 0.1) is 23.2 Å². The lowest BCUT2D eigenvalue weighted by molar-refractivity contribution is -0.151. The van der Waals surface area contributed by atoms with Crippen molar-refractivity contribution in [2.45, 2.75) is 73.8 Å². The van der Waals surface area contributed by atoms with E-state index in [1.54, 1.807) is 0 Å². The van der Waals surface area contributed by atoms with E-state index >= 15 is 0 Å². The summed E-state index contributed by atoms with van der Waals surface area (Å²) in [5.74, 6) is -0.538. The quantitative estimate of drug-likeness (QED) is 0.285. The number of hydrogen-bond acceptors (Lipinski definition) is 8. The zero-order valence-electron chi connectivity index (χ0n) is 22.0. The van der Waals surface area contributed by atoms with E-state index in [1.165, 1.54) is 24.9 Å². The molecule has 0 bridgehead atoms. The van der Waals surface area contributed by atoms with Gasteiger partial charge in [-0.25, -0.2) is 17.9 Å². The summed E-state index contributed by atoms with van der Waals surface area (Å²) in [4.78, 5) is 14.5. The maximum absolute atomic E-state index is 13.9. The number of esters is 1. The number of nitrogens with zero attached hydrogens (tertiary/aromatic N) is 1. The number of aliphatic hydroxyl groups excluding tert-OH is 1. The molecule has 0 saturated heterocycles. The molecule has 2 aromatic rings. The first-order chi connectivity index (χ1) is 17.7. The zero-order chi connectivity index (χ0) is 27.1. The summed E-state index contributed by atoms with van der Waals surface area (Å²) in [5.41, 5.74) is 0.835. The van der Waals surface area contributed by atoms with Gasteiger partial charge in [-0.05, 0) is 37.3 Å². The summed E-state index contributed by atoms with van der Waals surface area (Å²) in [6, 6.07) is 13.1. The number of sulfonamides is 1. The number of hydrogen-bond donors (Lipinski definition) is 2. The molecule has 0 saturated carbocycles. The number of unbranched alkanes of at least 4 members (excludes halogenated alkanes) is 2. The number of carbonyl (C=O) groups excluding carboxylic acids is 1. The van der Waals surface area contributed by atoms with Crippen molar-refractivity contribution in [1.29, 1.82) is 0 Å². The number of ether oxygens (including phenoxy) is 2. The van der Waals surface area contributed by atoms with Crippen LogP contribution in [0.2, 0.25) is 0 Å². The van der Waals surface area contributed by atoms with Crippen LogP contribution < -0.4 is 14.4 Å². The van der Waals surface area contributed by atoms with Crippen molar-refractivity contribution in [3.05, 3.63) is 42.5 Å². The number of aliphatic hydroxyl groups is 1. The third-order valence-corrected chi connectivity index (χ3v) is 8.96. The molecule has 0 fully saturated rings. The molecule has 1 aliphatic heterocycles. The number of thioether (sulfide) groups is 1. The van der Waals surface area contributed by atoms with Gasteiger partial charge in [0.1, 0.15) is 17.3 Å². The van der Waals surface area contributed by atoms with Crippen LogP contribution in [0.25, 0.3) is 0 Å². The Morgan fingerprint density at radius 2 is 1.81 bits per heavy atom. The predicted octanol–water partition coefficient (Wildman–Crippen LogP) is 4.87. The van der Waals surface area contributed by atoms with Gasteiger partial charge < -0.3 is 19.5 Å². The van der Waals surface area contributed by atoms with Crippen molar-refractivity contribution in [2.75, 3.05) is 31.4 Å². The van der Waals surface area contributed by atoms with Gasteiger partial charge in [0.2, 0.25) is 10.0 Å². The van der Waals surface area contributed by atoms with Gasteiger partial charge in [0.25, 0.3) is 0 Å². The molecule has 10 heteroatoms. The van der Waals surface area contributed by atoms with Crippen LogP contribution in [0.3, 0.4) is 0 Å². The Labute approximate surface area is 224 Å². The zero-order valence-corrected chi connectivity index (χ0v) is 23.7. The van der Waals surface area contributed by atoms with E-state index in [9.17, 15) is 18.3 Å². The Morgan fingerprint density at radius 1 is 1.16 bits per heavy atom. The molecule has 0 radical (unpaired) electrons. The van der Waals surface area contributed by atoms with Crippen LogP contribution in [0.1, 0.15) is 52.4 Å². The van der Waals surface area contributed by atoms with E-state index < -0.39 is 27.6 Å². The minimum Gasteiger partial charge on any atom is -0.489 e. The fourth-order valence-electron chi connectivity index (χ4n) is 4.62. The first kappa shape index (κ1) is 29.3. The molecule has 0 amide bonds. The van der Waals surface area contributed by atoms with Crippen LogP contribution in [-0.4, -0.2) is 57.7 Å². The lowest BCUT2D eigenvalue weighted by Crippen LogP contribution is -2.53.